The van der Waals surface area contributed by atoms with Gasteiger partial charge in [-0.3, -0.25) is 9.59 Å². The van der Waals surface area contributed by atoms with Gasteiger partial charge in [-0.2, -0.15) is 0 Å². The van der Waals surface area contributed by atoms with Gasteiger partial charge >= 0.3 is 0 Å². The van der Waals surface area contributed by atoms with E-state index in [1.54, 1.807) is 36.3 Å². The fourth-order valence-electron chi connectivity index (χ4n) is 2.36. The normalized spacial score (nSPS) is 18.5. The summed E-state index contributed by atoms with van der Waals surface area (Å²) in [6, 6.07) is 6.70. The number of piperazine rings is 1. The van der Waals surface area contributed by atoms with E-state index in [1.807, 2.05) is 6.92 Å². The Morgan fingerprint density at radius 1 is 1.52 bits per heavy atom. The number of carbonyl (C=O) groups is 2. The lowest BCUT2D eigenvalue weighted by atomic mass is 10.1. The summed E-state index contributed by atoms with van der Waals surface area (Å²) in [5.41, 5.74) is 0.662. The summed E-state index contributed by atoms with van der Waals surface area (Å²) in [5, 5.41) is 5.88. The molecule has 0 bridgehead atoms. The Morgan fingerprint density at radius 3 is 3.05 bits per heavy atom. The first-order valence-electron chi connectivity index (χ1n) is 7.10. The zero-order chi connectivity index (χ0) is 15.2. The zero-order valence-electron chi connectivity index (χ0n) is 12.4. The molecule has 2 amide bonds. The maximum atomic E-state index is 12.1. The minimum Gasteiger partial charge on any atom is -0.497 e. The second-order valence-electron chi connectivity index (χ2n) is 4.91. The molecule has 0 radical (unpaired) electrons. The Hall–Kier alpha value is -2.08. The van der Waals surface area contributed by atoms with Crippen LogP contribution in [0.25, 0.3) is 0 Å². The van der Waals surface area contributed by atoms with Gasteiger partial charge in [-0.05, 0) is 19.1 Å². The van der Waals surface area contributed by atoms with Crippen LogP contribution in [0.1, 0.15) is 13.3 Å². The fourth-order valence-corrected chi connectivity index (χ4v) is 2.36. The molecule has 2 rings (SSSR count). The number of hydrogen-bond acceptors (Lipinski definition) is 4. The van der Waals surface area contributed by atoms with Gasteiger partial charge in [0.05, 0.1) is 19.6 Å². The van der Waals surface area contributed by atoms with Crippen molar-refractivity contribution < 1.29 is 14.3 Å². The van der Waals surface area contributed by atoms with Gasteiger partial charge in [0.2, 0.25) is 11.8 Å². The van der Waals surface area contributed by atoms with Crippen LogP contribution in [0.4, 0.5) is 5.69 Å². The minimum atomic E-state index is -0.440. The van der Waals surface area contributed by atoms with E-state index in [0.29, 0.717) is 24.5 Å². The van der Waals surface area contributed by atoms with E-state index in [2.05, 4.69) is 10.6 Å². The first kappa shape index (κ1) is 15.3. The van der Waals surface area contributed by atoms with Crippen LogP contribution >= 0.6 is 0 Å². The summed E-state index contributed by atoms with van der Waals surface area (Å²) in [4.78, 5) is 25.9. The maximum absolute atomic E-state index is 12.1. The van der Waals surface area contributed by atoms with E-state index < -0.39 is 6.04 Å². The Balaban J connectivity index is 1.93. The molecule has 1 saturated heterocycles. The minimum absolute atomic E-state index is 0.00968. The van der Waals surface area contributed by atoms with E-state index in [4.69, 9.17) is 4.74 Å². The van der Waals surface area contributed by atoms with Crippen LogP contribution in [0.5, 0.6) is 5.75 Å². The highest BCUT2D eigenvalue weighted by Crippen LogP contribution is 2.17. The van der Waals surface area contributed by atoms with Crippen molar-refractivity contribution in [3.05, 3.63) is 24.3 Å². The first-order valence-corrected chi connectivity index (χ1v) is 7.10. The van der Waals surface area contributed by atoms with Gasteiger partial charge in [-0.15, -0.1) is 0 Å². The van der Waals surface area contributed by atoms with Crippen LogP contribution in [0.2, 0.25) is 0 Å². The number of nitrogens with one attached hydrogen (secondary N) is 2. The van der Waals surface area contributed by atoms with Gasteiger partial charge in [-0.25, -0.2) is 0 Å². The average Bonchev–Trinajstić information content (AvgIpc) is 2.49. The number of benzene rings is 1. The van der Waals surface area contributed by atoms with Gasteiger partial charge in [0, 0.05) is 31.4 Å². The third-order valence-corrected chi connectivity index (χ3v) is 3.51. The molecule has 21 heavy (non-hydrogen) atoms. The second-order valence-corrected chi connectivity index (χ2v) is 4.91. The number of amides is 2. The molecule has 6 nitrogen and oxygen atoms in total. The fraction of sp³-hybridized carbons (Fsp3) is 0.467. The van der Waals surface area contributed by atoms with Crippen molar-refractivity contribution in [2.45, 2.75) is 19.4 Å². The molecule has 1 atom stereocenters. The number of nitrogens with zero attached hydrogens (tertiary/aromatic N) is 1. The van der Waals surface area contributed by atoms with Crippen LogP contribution in [0.15, 0.2) is 24.3 Å². The van der Waals surface area contributed by atoms with Crippen molar-refractivity contribution in [3.8, 4) is 5.75 Å². The lowest BCUT2D eigenvalue weighted by molar-refractivity contribution is -0.137. The van der Waals surface area contributed by atoms with Crippen molar-refractivity contribution in [2.75, 3.05) is 32.1 Å². The largest absolute Gasteiger partial charge is 0.497 e. The summed E-state index contributed by atoms with van der Waals surface area (Å²) in [7, 11) is 1.57. The molecule has 1 heterocycles. The third kappa shape index (κ3) is 3.95. The van der Waals surface area contributed by atoms with Crippen LogP contribution in [-0.2, 0) is 9.59 Å². The summed E-state index contributed by atoms with van der Waals surface area (Å²) in [5.74, 6) is 0.480. The van der Waals surface area contributed by atoms with Crippen LogP contribution in [-0.4, -0.2) is 49.5 Å². The van der Waals surface area contributed by atoms with Crippen LogP contribution in [0.3, 0.4) is 0 Å². The summed E-state index contributed by atoms with van der Waals surface area (Å²) < 4.78 is 5.11. The Bertz CT molecular complexity index is 519. The third-order valence-electron chi connectivity index (χ3n) is 3.51. The predicted molar refractivity (Wildman–Crippen MR) is 80.3 cm³/mol. The van der Waals surface area contributed by atoms with Gasteiger partial charge in [-0.1, -0.05) is 6.07 Å². The number of anilines is 1. The number of hydrogen-bond donors (Lipinski definition) is 2. The number of carbonyl (C=O) groups excluding carboxylic acids is 2. The molecule has 0 spiro atoms. The van der Waals surface area contributed by atoms with Gasteiger partial charge in [0.25, 0.3) is 0 Å². The smallest absolute Gasteiger partial charge is 0.240 e. The highest BCUT2D eigenvalue weighted by atomic mass is 16.5. The number of rotatable bonds is 5. The van der Waals surface area contributed by atoms with Gasteiger partial charge in [0.1, 0.15) is 5.75 Å². The molecule has 1 aromatic rings. The zero-order valence-corrected chi connectivity index (χ0v) is 12.4. The molecule has 1 fully saturated rings. The highest BCUT2D eigenvalue weighted by molar-refractivity contribution is 5.95. The average molecular weight is 291 g/mol. The van der Waals surface area contributed by atoms with E-state index >= 15 is 0 Å². The van der Waals surface area contributed by atoms with Crippen molar-refractivity contribution in [1.82, 2.24) is 10.2 Å². The molecule has 6 heteroatoms. The molecule has 1 aromatic carbocycles. The molecule has 114 valence electrons. The molecular formula is C15H21N3O3. The van der Waals surface area contributed by atoms with E-state index in [-0.39, 0.29) is 18.2 Å². The van der Waals surface area contributed by atoms with Crippen molar-refractivity contribution >= 4 is 17.5 Å². The maximum Gasteiger partial charge on any atom is 0.240 e. The lowest BCUT2D eigenvalue weighted by Gasteiger charge is -2.32. The summed E-state index contributed by atoms with van der Waals surface area (Å²) in [6.07, 6.45) is 0.131. The van der Waals surface area contributed by atoms with Crippen molar-refractivity contribution in [2.24, 2.45) is 0 Å². The molecule has 1 unspecified atom stereocenters. The van der Waals surface area contributed by atoms with Crippen LogP contribution in [0, 0.1) is 0 Å². The Kier molecular flexibility index (Phi) is 5.16. The molecule has 0 aliphatic carbocycles. The highest BCUT2D eigenvalue weighted by Gasteiger charge is 2.29. The lowest BCUT2D eigenvalue weighted by Crippen LogP contribution is -2.55. The molecule has 0 saturated carbocycles. The standard InChI is InChI=1S/C15H21N3O3/c1-3-18-8-7-16-13(15(18)20)10-14(19)17-11-5-4-6-12(9-11)21-2/h4-6,9,13,16H,3,7-8,10H2,1-2H3,(H,17,19). The molecule has 2 N–H and O–H groups in total. The monoisotopic (exact) mass is 291 g/mol. The number of methoxy groups -OCH3 is 1. The van der Waals surface area contributed by atoms with E-state index in [1.165, 1.54) is 0 Å². The summed E-state index contributed by atoms with van der Waals surface area (Å²) >= 11 is 0. The SMILES string of the molecule is CCN1CCNC(CC(=O)Nc2cccc(OC)c2)C1=O. The molecule has 1 aliphatic heterocycles. The Labute approximate surface area is 124 Å². The van der Waals surface area contributed by atoms with Crippen molar-refractivity contribution in [3.63, 3.8) is 0 Å². The quantitative estimate of drug-likeness (QED) is 0.843. The molecule has 0 aromatic heterocycles. The van der Waals surface area contributed by atoms with Crippen molar-refractivity contribution in [1.29, 1.82) is 0 Å². The summed E-state index contributed by atoms with van der Waals surface area (Å²) in [6.45, 7) is 4.03. The van der Waals surface area contributed by atoms with Crippen LogP contribution < -0.4 is 15.4 Å². The van der Waals surface area contributed by atoms with Gasteiger partial charge in [0.15, 0.2) is 0 Å². The van der Waals surface area contributed by atoms with E-state index in [0.717, 1.165) is 6.54 Å². The van der Waals surface area contributed by atoms with E-state index in [9.17, 15) is 9.59 Å². The predicted octanol–water partition coefficient (Wildman–Crippen LogP) is 0.844. The first-order chi connectivity index (χ1) is 10.1. The topological polar surface area (TPSA) is 70.7 Å². The Morgan fingerprint density at radius 2 is 2.33 bits per heavy atom. The molecular weight excluding hydrogens is 270 g/mol. The number of ether oxygens (including phenoxy) is 1. The van der Waals surface area contributed by atoms with Gasteiger partial charge < -0.3 is 20.3 Å². The second kappa shape index (κ2) is 7.08. The molecule has 1 aliphatic rings. The number of likely N-dealkylation sites (N-methyl/N-ethyl adjacent to an activating group) is 1.